The van der Waals surface area contributed by atoms with Crippen molar-refractivity contribution in [3.63, 3.8) is 0 Å². The first-order chi connectivity index (χ1) is 12.7. The molecule has 2 aliphatic rings. The number of ether oxygens (including phenoxy) is 1. The molecule has 2 aliphatic heterocycles. The molecule has 7 heteroatoms. The lowest BCUT2D eigenvalue weighted by Crippen LogP contribution is -2.62. The van der Waals surface area contributed by atoms with Crippen LogP contribution in [0.15, 0.2) is 18.2 Å². The van der Waals surface area contributed by atoms with Crippen LogP contribution >= 0.6 is 0 Å². The minimum absolute atomic E-state index is 0.125. The van der Waals surface area contributed by atoms with Gasteiger partial charge in [-0.1, -0.05) is 6.07 Å². The van der Waals surface area contributed by atoms with Crippen LogP contribution in [0.2, 0.25) is 0 Å². The van der Waals surface area contributed by atoms with Gasteiger partial charge in [0, 0.05) is 18.3 Å². The van der Waals surface area contributed by atoms with Crippen molar-refractivity contribution < 1.29 is 19.1 Å². The fourth-order valence-corrected chi connectivity index (χ4v) is 3.51. The lowest BCUT2D eigenvalue weighted by molar-refractivity contribution is -0.151. The third-order valence-corrected chi connectivity index (χ3v) is 5.43. The molecule has 3 amide bonds. The molecule has 2 saturated heterocycles. The fourth-order valence-electron chi connectivity index (χ4n) is 3.51. The molecule has 0 radical (unpaired) electrons. The number of amides is 3. The Morgan fingerprint density at radius 3 is 2.48 bits per heavy atom. The second-order valence-electron chi connectivity index (χ2n) is 8.04. The van der Waals surface area contributed by atoms with E-state index in [9.17, 15) is 14.4 Å². The quantitative estimate of drug-likeness (QED) is 0.784. The molecule has 2 N–H and O–H groups in total. The van der Waals surface area contributed by atoms with Gasteiger partial charge in [-0.05, 0) is 57.4 Å². The molecule has 2 unspecified atom stereocenters. The largest absolute Gasteiger partial charge is 0.376 e. The van der Waals surface area contributed by atoms with Crippen molar-refractivity contribution in [2.45, 2.75) is 45.7 Å². The molecule has 27 heavy (non-hydrogen) atoms. The van der Waals surface area contributed by atoms with E-state index in [-0.39, 0.29) is 24.4 Å². The molecule has 1 aromatic carbocycles. The summed E-state index contributed by atoms with van der Waals surface area (Å²) in [5, 5.41) is 5.65. The van der Waals surface area contributed by atoms with E-state index in [1.54, 1.807) is 0 Å². The number of anilines is 1. The second kappa shape index (κ2) is 7.31. The number of carbonyl (C=O) groups is 3. The Hall–Kier alpha value is -2.41. The Balaban J connectivity index is 1.59. The van der Waals surface area contributed by atoms with Crippen molar-refractivity contribution in [2.24, 2.45) is 5.92 Å². The van der Waals surface area contributed by atoms with Gasteiger partial charge in [-0.15, -0.1) is 0 Å². The monoisotopic (exact) mass is 373 g/mol. The van der Waals surface area contributed by atoms with Crippen LogP contribution in [0.25, 0.3) is 0 Å². The number of nitrogens with zero attached hydrogens (tertiary/aromatic N) is 1. The highest BCUT2D eigenvalue weighted by Crippen LogP contribution is 2.25. The van der Waals surface area contributed by atoms with Crippen molar-refractivity contribution in [3.05, 3.63) is 29.3 Å². The number of nitrogens with one attached hydrogen (secondary N) is 2. The summed E-state index contributed by atoms with van der Waals surface area (Å²) in [6.45, 7) is 8.78. The first-order valence-electron chi connectivity index (χ1n) is 9.27. The minimum atomic E-state index is -0.636. The van der Waals surface area contributed by atoms with Gasteiger partial charge in [-0.3, -0.25) is 14.4 Å². The van der Waals surface area contributed by atoms with Crippen LogP contribution in [0, 0.1) is 19.8 Å². The van der Waals surface area contributed by atoms with Gasteiger partial charge in [0.1, 0.15) is 0 Å². The van der Waals surface area contributed by atoms with Crippen LogP contribution < -0.4 is 10.6 Å². The number of aryl methyl sites for hydroxylation is 2. The number of benzene rings is 1. The molecule has 146 valence electrons. The highest BCUT2D eigenvalue weighted by atomic mass is 16.5. The predicted molar refractivity (Wildman–Crippen MR) is 101 cm³/mol. The summed E-state index contributed by atoms with van der Waals surface area (Å²) in [5.41, 5.74) is 2.54. The number of hydrogen-bond acceptors (Lipinski definition) is 4. The van der Waals surface area contributed by atoms with Crippen molar-refractivity contribution in [1.82, 2.24) is 10.2 Å². The van der Waals surface area contributed by atoms with Crippen molar-refractivity contribution in [3.8, 4) is 0 Å². The van der Waals surface area contributed by atoms with E-state index in [1.807, 2.05) is 45.9 Å². The van der Waals surface area contributed by atoms with E-state index in [1.165, 1.54) is 4.90 Å². The number of carbonyl (C=O) groups excluding carboxylic acids is 3. The van der Waals surface area contributed by atoms with E-state index in [0.29, 0.717) is 19.6 Å². The van der Waals surface area contributed by atoms with Crippen LogP contribution in [0.1, 0.15) is 31.4 Å². The van der Waals surface area contributed by atoms with Gasteiger partial charge >= 0.3 is 11.8 Å². The Morgan fingerprint density at radius 1 is 1.19 bits per heavy atom. The van der Waals surface area contributed by atoms with Gasteiger partial charge in [-0.25, -0.2) is 0 Å². The number of rotatable bonds is 3. The molecule has 7 nitrogen and oxygen atoms in total. The second-order valence-corrected chi connectivity index (χ2v) is 8.04. The SMILES string of the molecule is Cc1ccc(NC(=O)C2CC(C)N(C(=O)C(=O)NC3(C)COC3)C2)cc1C. The summed E-state index contributed by atoms with van der Waals surface area (Å²) >= 11 is 0. The molecule has 0 bridgehead atoms. The molecule has 0 spiro atoms. The molecule has 3 rings (SSSR count). The fraction of sp³-hybridized carbons (Fsp3) is 0.550. The molecular weight excluding hydrogens is 346 g/mol. The standard InChI is InChI=1S/C20H27N3O4/c1-12-5-6-16(7-13(12)2)21-17(24)15-8-14(3)23(9-15)19(26)18(25)22-20(4)10-27-11-20/h5-7,14-15H,8-11H2,1-4H3,(H,21,24)(H,22,25). The third-order valence-electron chi connectivity index (χ3n) is 5.43. The van der Waals surface area contributed by atoms with E-state index in [4.69, 9.17) is 4.74 Å². The van der Waals surface area contributed by atoms with Gasteiger partial charge in [0.25, 0.3) is 0 Å². The zero-order valence-electron chi connectivity index (χ0n) is 16.3. The molecule has 0 aromatic heterocycles. The normalized spacial score (nSPS) is 23.5. The van der Waals surface area contributed by atoms with Gasteiger partial charge in [0.15, 0.2) is 0 Å². The van der Waals surface area contributed by atoms with Gasteiger partial charge in [-0.2, -0.15) is 0 Å². The summed E-state index contributed by atoms with van der Waals surface area (Å²) in [4.78, 5) is 38.9. The highest BCUT2D eigenvalue weighted by molar-refractivity contribution is 6.35. The Bertz CT molecular complexity index is 772. The molecular formula is C20H27N3O4. The smallest absolute Gasteiger partial charge is 0.312 e. The Labute approximate surface area is 159 Å². The number of likely N-dealkylation sites (tertiary alicyclic amines) is 1. The van der Waals surface area contributed by atoms with Crippen LogP contribution in [0.4, 0.5) is 5.69 Å². The van der Waals surface area contributed by atoms with Crippen LogP contribution in [0.3, 0.4) is 0 Å². The number of hydrogen-bond donors (Lipinski definition) is 2. The van der Waals surface area contributed by atoms with Crippen LogP contribution in [-0.4, -0.2) is 54.0 Å². The van der Waals surface area contributed by atoms with E-state index >= 15 is 0 Å². The Kier molecular flexibility index (Phi) is 5.24. The maximum atomic E-state index is 12.6. The summed E-state index contributed by atoms with van der Waals surface area (Å²) in [6, 6.07) is 5.61. The first-order valence-corrected chi connectivity index (χ1v) is 9.27. The lowest BCUT2D eigenvalue weighted by Gasteiger charge is -2.38. The van der Waals surface area contributed by atoms with Crippen molar-refractivity contribution in [1.29, 1.82) is 0 Å². The summed E-state index contributed by atoms with van der Waals surface area (Å²) in [5.74, 6) is -1.68. The summed E-state index contributed by atoms with van der Waals surface area (Å²) in [6.07, 6.45) is 0.538. The van der Waals surface area contributed by atoms with Crippen LogP contribution in [-0.2, 0) is 19.1 Å². The molecule has 2 fully saturated rings. The average molecular weight is 373 g/mol. The lowest BCUT2D eigenvalue weighted by atomic mass is 10.0. The first kappa shape index (κ1) is 19.4. The third kappa shape index (κ3) is 4.13. The van der Waals surface area contributed by atoms with Crippen LogP contribution in [0.5, 0.6) is 0 Å². The molecule has 2 heterocycles. The maximum absolute atomic E-state index is 12.6. The van der Waals surface area contributed by atoms with Gasteiger partial charge in [0.2, 0.25) is 5.91 Å². The summed E-state index contributed by atoms with van der Waals surface area (Å²) in [7, 11) is 0. The maximum Gasteiger partial charge on any atom is 0.312 e. The molecule has 0 saturated carbocycles. The molecule has 0 aliphatic carbocycles. The molecule has 1 aromatic rings. The van der Waals surface area contributed by atoms with Gasteiger partial charge in [0.05, 0.1) is 24.7 Å². The minimum Gasteiger partial charge on any atom is -0.376 e. The van der Waals surface area contributed by atoms with Gasteiger partial charge < -0.3 is 20.3 Å². The molecule has 2 atom stereocenters. The van der Waals surface area contributed by atoms with Crippen molar-refractivity contribution in [2.75, 3.05) is 25.1 Å². The summed E-state index contributed by atoms with van der Waals surface area (Å²) < 4.78 is 5.09. The van der Waals surface area contributed by atoms with E-state index in [0.717, 1.165) is 16.8 Å². The predicted octanol–water partition coefficient (Wildman–Crippen LogP) is 1.38. The van der Waals surface area contributed by atoms with E-state index in [2.05, 4.69) is 10.6 Å². The average Bonchev–Trinajstić information content (AvgIpc) is 2.98. The zero-order chi connectivity index (χ0) is 19.8. The van der Waals surface area contributed by atoms with E-state index < -0.39 is 17.4 Å². The Morgan fingerprint density at radius 2 is 1.89 bits per heavy atom. The van der Waals surface area contributed by atoms with Crippen molar-refractivity contribution >= 4 is 23.4 Å². The highest BCUT2D eigenvalue weighted by Gasteiger charge is 2.41. The topological polar surface area (TPSA) is 87.7 Å². The zero-order valence-corrected chi connectivity index (χ0v) is 16.3.